The second kappa shape index (κ2) is 4.39. The fourth-order valence-electron chi connectivity index (χ4n) is 2.61. The van der Waals surface area contributed by atoms with Crippen LogP contribution in [-0.2, 0) is 6.54 Å². The molecule has 2 heterocycles. The zero-order valence-electron chi connectivity index (χ0n) is 11.0. The zero-order chi connectivity index (χ0) is 13.4. The molecular weight excluding hydrogens is 238 g/mol. The first-order chi connectivity index (χ1) is 9.27. The number of hydrogen-bond donors (Lipinski definition) is 1. The molecule has 1 amide bonds. The summed E-state index contributed by atoms with van der Waals surface area (Å²) in [7, 11) is 1.63. The number of rotatable bonds is 2. The Morgan fingerprint density at radius 1 is 1.26 bits per heavy atom. The van der Waals surface area contributed by atoms with Crippen molar-refractivity contribution in [2.75, 3.05) is 7.05 Å². The van der Waals surface area contributed by atoms with Crippen LogP contribution in [0, 0.1) is 0 Å². The van der Waals surface area contributed by atoms with Gasteiger partial charge in [0.05, 0.1) is 5.52 Å². The number of nitrogens with one attached hydrogen (secondary N) is 1. The first-order valence-electron chi connectivity index (χ1n) is 6.36. The highest BCUT2D eigenvalue weighted by atomic mass is 16.1. The largest absolute Gasteiger partial charge is 0.354 e. The van der Waals surface area contributed by atoms with Gasteiger partial charge < -0.3 is 9.88 Å². The number of para-hydroxylation sites is 1. The van der Waals surface area contributed by atoms with Crippen LogP contribution in [0.3, 0.4) is 0 Å². The van der Waals surface area contributed by atoms with Crippen LogP contribution >= 0.6 is 0 Å². The van der Waals surface area contributed by atoms with Crippen molar-refractivity contribution in [3.05, 3.63) is 42.2 Å². The fourth-order valence-corrected chi connectivity index (χ4v) is 2.61. The smallest absolute Gasteiger partial charge is 0.271 e. The lowest BCUT2D eigenvalue weighted by molar-refractivity contribution is 0.0959. The van der Waals surface area contributed by atoms with E-state index in [9.17, 15) is 4.79 Å². The van der Waals surface area contributed by atoms with Crippen molar-refractivity contribution in [2.24, 2.45) is 0 Å². The van der Waals surface area contributed by atoms with Gasteiger partial charge in [-0.3, -0.25) is 4.79 Å². The molecule has 4 nitrogen and oxygen atoms in total. The fraction of sp³-hybridized carbons (Fsp3) is 0.200. The highest BCUT2D eigenvalue weighted by Crippen LogP contribution is 2.30. The lowest BCUT2D eigenvalue weighted by Crippen LogP contribution is -2.20. The summed E-state index contributed by atoms with van der Waals surface area (Å²) in [6.07, 6.45) is 1.69. The standard InChI is InChI=1S/C15H15N3O/c1-3-18-12-7-5-4-6-10(12)11-8-9-17-13(14(11)18)15(19)16-2/h4-9H,3H2,1-2H3,(H,16,19). The quantitative estimate of drug-likeness (QED) is 0.763. The van der Waals surface area contributed by atoms with Crippen molar-refractivity contribution in [1.82, 2.24) is 14.9 Å². The van der Waals surface area contributed by atoms with Crippen molar-refractivity contribution < 1.29 is 4.79 Å². The number of fused-ring (bicyclic) bond motifs is 3. The lowest BCUT2D eigenvalue weighted by atomic mass is 10.1. The highest BCUT2D eigenvalue weighted by Gasteiger charge is 2.17. The van der Waals surface area contributed by atoms with Crippen molar-refractivity contribution >= 4 is 27.7 Å². The van der Waals surface area contributed by atoms with Crippen LogP contribution < -0.4 is 5.32 Å². The highest BCUT2D eigenvalue weighted by molar-refractivity contribution is 6.14. The normalized spacial score (nSPS) is 11.1. The summed E-state index contributed by atoms with van der Waals surface area (Å²) in [5.41, 5.74) is 2.53. The van der Waals surface area contributed by atoms with E-state index in [1.54, 1.807) is 13.2 Å². The Kier molecular flexibility index (Phi) is 2.71. The Morgan fingerprint density at radius 2 is 2.05 bits per heavy atom. The Labute approximate surface area is 111 Å². The van der Waals surface area contributed by atoms with Crippen LogP contribution in [0.15, 0.2) is 36.5 Å². The van der Waals surface area contributed by atoms with Crippen LogP contribution in [0.25, 0.3) is 21.8 Å². The number of nitrogens with zero attached hydrogens (tertiary/aromatic N) is 2. The van der Waals surface area contributed by atoms with Crippen molar-refractivity contribution in [1.29, 1.82) is 0 Å². The van der Waals surface area contributed by atoms with Gasteiger partial charge in [-0.05, 0) is 19.1 Å². The average molecular weight is 253 g/mol. The van der Waals surface area contributed by atoms with E-state index in [0.717, 1.165) is 28.4 Å². The predicted octanol–water partition coefficient (Wildman–Crippen LogP) is 2.57. The molecule has 3 rings (SSSR count). The Bertz CT molecular complexity index is 774. The maximum Gasteiger partial charge on any atom is 0.271 e. The molecular formula is C15H15N3O. The van der Waals surface area contributed by atoms with E-state index in [0.29, 0.717) is 5.69 Å². The van der Waals surface area contributed by atoms with Crippen molar-refractivity contribution in [3.8, 4) is 0 Å². The molecule has 3 aromatic rings. The molecule has 0 atom stereocenters. The first-order valence-corrected chi connectivity index (χ1v) is 6.36. The molecule has 0 fully saturated rings. The van der Waals surface area contributed by atoms with E-state index >= 15 is 0 Å². The van der Waals surface area contributed by atoms with Gasteiger partial charge in [0, 0.05) is 36.1 Å². The van der Waals surface area contributed by atoms with Gasteiger partial charge in [-0.1, -0.05) is 18.2 Å². The van der Waals surface area contributed by atoms with Crippen LogP contribution in [0.1, 0.15) is 17.4 Å². The van der Waals surface area contributed by atoms with E-state index in [2.05, 4.69) is 33.9 Å². The van der Waals surface area contributed by atoms with E-state index in [4.69, 9.17) is 0 Å². The van der Waals surface area contributed by atoms with Crippen LogP contribution in [0.2, 0.25) is 0 Å². The van der Waals surface area contributed by atoms with Gasteiger partial charge >= 0.3 is 0 Å². The third kappa shape index (κ3) is 1.60. The SMILES string of the molecule is CCn1c2ccccc2c2ccnc(C(=O)NC)c21. The van der Waals surface area contributed by atoms with Gasteiger partial charge in [0.1, 0.15) is 0 Å². The van der Waals surface area contributed by atoms with Crippen molar-refractivity contribution in [3.63, 3.8) is 0 Å². The molecule has 2 aromatic heterocycles. The summed E-state index contributed by atoms with van der Waals surface area (Å²) < 4.78 is 2.14. The molecule has 4 heteroatoms. The molecule has 0 saturated carbocycles. The number of pyridine rings is 1. The molecule has 1 N–H and O–H groups in total. The minimum absolute atomic E-state index is 0.150. The third-order valence-corrected chi connectivity index (χ3v) is 3.44. The summed E-state index contributed by atoms with van der Waals surface area (Å²) >= 11 is 0. The van der Waals surface area contributed by atoms with Crippen LogP contribution in [-0.4, -0.2) is 22.5 Å². The molecule has 0 radical (unpaired) electrons. The van der Waals surface area contributed by atoms with Crippen LogP contribution in [0.4, 0.5) is 0 Å². The van der Waals surface area contributed by atoms with Gasteiger partial charge in [0.2, 0.25) is 0 Å². The van der Waals surface area contributed by atoms with Gasteiger partial charge in [-0.15, -0.1) is 0 Å². The molecule has 0 aliphatic carbocycles. The summed E-state index contributed by atoms with van der Waals surface area (Å²) in [6.45, 7) is 2.88. The average Bonchev–Trinajstić information content (AvgIpc) is 2.80. The molecule has 0 aliphatic rings. The first kappa shape index (κ1) is 11.7. The van der Waals surface area contributed by atoms with Gasteiger partial charge in [0.25, 0.3) is 5.91 Å². The van der Waals surface area contributed by atoms with E-state index in [1.807, 2.05) is 18.2 Å². The van der Waals surface area contributed by atoms with E-state index < -0.39 is 0 Å². The maximum atomic E-state index is 12.0. The van der Waals surface area contributed by atoms with E-state index in [-0.39, 0.29) is 5.91 Å². The predicted molar refractivity (Wildman–Crippen MR) is 76.3 cm³/mol. The second-order valence-electron chi connectivity index (χ2n) is 4.40. The summed E-state index contributed by atoms with van der Waals surface area (Å²) in [5, 5.41) is 4.89. The number of amides is 1. The second-order valence-corrected chi connectivity index (χ2v) is 4.40. The van der Waals surface area contributed by atoms with Gasteiger partial charge in [-0.2, -0.15) is 0 Å². The molecule has 1 aromatic carbocycles. The number of aromatic nitrogens is 2. The monoisotopic (exact) mass is 253 g/mol. The Hall–Kier alpha value is -2.36. The molecule has 96 valence electrons. The van der Waals surface area contributed by atoms with Gasteiger partial charge in [-0.25, -0.2) is 4.98 Å². The van der Waals surface area contributed by atoms with E-state index in [1.165, 1.54) is 0 Å². The Balaban J connectivity index is 2.52. The molecule has 0 aliphatic heterocycles. The topological polar surface area (TPSA) is 46.9 Å². The number of carbonyl (C=O) groups is 1. The van der Waals surface area contributed by atoms with Crippen molar-refractivity contribution in [2.45, 2.75) is 13.5 Å². The maximum absolute atomic E-state index is 12.0. The minimum Gasteiger partial charge on any atom is -0.354 e. The zero-order valence-corrected chi connectivity index (χ0v) is 11.0. The number of hydrogen-bond acceptors (Lipinski definition) is 2. The summed E-state index contributed by atoms with van der Waals surface area (Å²) in [4.78, 5) is 16.2. The molecule has 19 heavy (non-hydrogen) atoms. The molecule has 0 unspecified atom stereocenters. The van der Waals surface area contributed by atoms with Crippen LogP contribution in [0.5, 0.6) is 0 Å². The number of aryl methyl sites for hydroxylation is 1. The minimum atomic E-state index is -0.150. The Morgan fingerprint density at radius 3 is 2.79 bits per heavy atom. The number of benzene rings is 1. The summed E-state index contributed by atoms with van der Waals surface area (Å²) in [6, 6.07) is 10.2. The van der Waals surface area contributed by atoms with Gasteiger partial charge in [0.15, 0.2) is 5.69 Å². The molecule has 0 spiro atoms. The molecule has 0 saturated heterocycles. The number of carbonyl (C=O) groups excluding carboxylic acids is 1. The lowest BCUT2D eigenvalue weighted by Gasteiger charge is -2.06. The molecule has 0 bridgehead atoms. The third-order valence-electron chi connectivity index (χ3n) is 3.44. The summed E-state index contributed by atoms with van der Waals surface area (Å²) in [5.74, 6) is -0.150.